The number of esters is 1. The van der Waals surface area contributed by atoms with Crippen molar-refractivity contribution in [3.63, 3.8) is 0 Å². The Kier molecular flexibility index (Phi) is 4.77. The Bertz CT molecular complexity index is 448. The monoisotopic (exact) mass is 239 g/mol. The Balaban J connectivity index is 3.01. The van der Waals surface area contributed by atoms with Gasteiger partial charge < -0.3 is 9.84 Å². The van der Waals surface area contributed by atoms with Crippen molar-refractivity contribution in [3.8, 4) is 11.8 Å². The van der Waals surface area contributed by atoms with E-state index in [1.807, 2.05) is 0 Å². The average Bonchev–Trinajstić information content (AvgIpc) is 2.31. The lowest BCUT2D eigenvalue weighted by molar-refractivity contribution is 0.0600. The summed E-state index contributed by atoms with van der Waals surface area (Å²) in [4.78, 5) is 15.0. The third-order valence-electron chi connectivity index (χ3n) is 1.72. The molecule has 0 saturated heterocycles. The maximum atomic E-state index is 11.2. The van der Waals surface area contributed by atoms with Crippen LogP contribution < -0.4 is 0 Å². The number of carbonyl (C=O) groups excluding carboxylic acids is 1. The van der Waals surface area contributed by atoms with E-state index < -0.39 is 5.97 Å². The highest BCUT2D eigenvalue weighted by Gasteiger charge is 2.08. The van der Waals surface area contributed by atoms with E-state index in [4.69, 9.17) is 16.7 Å². The van der Waals surface area contributed by atoms with Crippen LogP contribution in [-0.2, 0) is 4.74 Å². The van der Waals surface area contributed by atoms with Gasteiger partial charge >= 0.3 is 5.97 Å². The van der Waals surface area contributed by atoms with Gasteiger partial charge in [0.1, 0.15) is 5.15 Å². The van der Waals surface area contributed by atoms with Crippen LogP contribution in [0.5, 0.6) is 0 Å². The normalized spacial score (nSPS) is 9.19. The summed E-state index contributed by atoms with van der Waals surface area (Å²) in [5, 5.41) is 8.79. The van der Waals surface area contributed by atoms with Gasteiger partial charge in [-0.1, -0.05) is 23.4 Å². The minimum Gasteiger partial charge on any atom is -0.465 e. The van der Waals surface area contributed by atoms with Crippen molar-refractivity contribution in [1.82, 2.24) is 4.98 Å². The third kappa shape index (κ3) is 3.23. The lowest BCUT2D eigenvalue weighted by Gasteiger charge is -2.00. The number of aliphatic hydroxyl groups excluding tert-OH is 1. The molecule has 0 aromatic carbocycles. The molecular formula is C11H10ClNO3. The molecule has 4 nitrogen and oxygen atoms in total. The zero-order valence-corrected chi connectivity index (χ0v) is 9.41. The molecule has 0 saturated carbocycles. The van der Waals surface area contributed by atoms with Gasteiger partial charge in [-0.25, -0.2) is 9.78 Å². The van der Waals surface area contributed by atoms with Crippen LogP contribution in [0.1, 0.15) is 22.3 Å². The second-order valence-electron chi connectivity index (χ2n) is 2.83. The summed E-state index contributed by atoms with van der Waals surface area (Å²) in [5.74, 6) is 4.93. The van der Waals surface area contributed by atoms with Gasteiger partial charge in [-0.3, -0.25) is 0 Å². The van der Waals surface area contributed by atoms with Crippen molar-refractivity contribution >= 4 is 17.6 Å². The van der Waals surface area contributed by atoms with Gasteiger partial charge in [0, 0.05) is 12.6 Å². The number of rotatable bonds is 2. The molecule has 1 N–H and O–H groups in total. The van der Waals surface area contributed by atoms with Crippen molar-refractivity contribution in [2.45, 2.75) is 6.42 Å². The van der Waals surface area contributed by atoms with Crippen LogP contribution in [0.15, 0.2) is 12.3 Å². The summed E-state index contributed by atoms with van der Waals surface area (Å²) in [6.45, 7) is -0.0191. The Hall–Kier alpha value is -1.57. The van der Waals surface area contributed by atoms with E-state index in [1.165, 1.54) is 19.4 Å². The average molecular weight is 240 g/mol. The first-order valence-electron chi connectivity index (χ1n) is 4.52. The highest BCUT2D eigenvalue weighted by Crippen LogP contribution is 2.13. The Morgan fingerprint density at radius 3 is 3.06 bits per heavy atom. The third-order valence-corrected chi connectivity index (χ3v) is 2.02. The second-order valence-corrected chi connectivity index (χ2v) is 3.19. The first-order chi connectivity index (χ1) is 7.69. The van der Waals surface area contributed by atoms with E-state index in [9.17, 15) is 4.79 Å². The molecule has 0 fully saturated rings. The van der Waals surface area contributed by atoms with E-state index in [-0.39, 0.29) is 11.8 Å². The topological polar surface area (TPSA) is 59.4 Å². The molecule has 0 aliphatic rings. The second kappa shape index (κ2) is 6.11. The van der Waals surface area contributed by atoms with Crippen LogP contribution in [0.25, 0.3) is 0 Å². The zero-order chi connectivity index (χ0) is 12.0. The van der Waals surface area contributed by atoms with Gasteiger partial charge in [0.05, 0.1) is 24.8 Å². The summed E-state index contributed by atoms with van der Waals surface area (Å²) in [6.07, 6.45) is 1.67. The standard InChI is InChI=1S/C11H10ClNO3/c1-16-11(15)9-6-8(4-2-3-5-14)10(12)13-7-9/h6-7,14H,3,5H2,1H3. The first kappa shape index (κ1) is 12.5. The lowest BCUT2D eigenvalue weighted by Crippen LogP contribution is -2.02. The molecule has 1 heterocycles. The zero-order valence-electron chi connectivity index (χ0n) is 8.66. The molecule has 0 spiro atoms. The predicted octanol–water partition coefficient (Wildman–Crippen LogP) is 1.26. The molecule has 1 aromatic rings. The van der Waals surface area contributed by atoms with Crippen LogP contribution in [0.3, 0.4) is 0 Å². The number of carbonyl (C=O) groups is 1. The number of pyridine rings is 1. The van der Waals surface area contributed by atoms with Gasteiger partial charge in [0.2, 0.25) is 0 Å². The Morgan fingerprint density at radius 1 is 1.69 bits per heavy atom. The number of hydrogen-bond donors (Lipinski definition) is 1. The molecule has 0 amide bonds. The molecule has 16 heavy (non-hydrogen) atoms. The minimum atomic E-state index is -0.491. The molecule has 84 valence electrons. The highest BCUT2D eigenvalue weighted by atomic mass is 35.5. The summed E-state index contributed by atoms with van der Waals surface area (Å²) in [7, 11) is 1.29. The molecule has 1 aromatic heterocycles. The molecule has 5 heteroatoms. The number of aliphatic hydroxyl groups is 1. The quantitative estimate of drug-likeness (QED) is 0.480. The Morgan fingerprint density at radius 2 is 2.44 bits per heavy atom. The smallest absolute Gasteiger partial charge is 0.339 e. The largest absolute Gasteiger partial charge is 0.465 e. The van der Waals surface area contributed by atoms with E-state index in [1.54, 1.807) is 0 Å². The molecule has 0 atom stereocenters. The molecule has 0 radical (unpaired) electrons. The summed E-state index contributed by atoms with van der Waals surface area (Å²) < 4.78 is 4.55. The van der Waals surface area contributed by atoms with Crippen LogP contribution in [-0.4, -0.2) is 29.8 Å². The number of ether oxygens (including phenoxy) is 1. The van der Waals surface area contributed by atoms with Gasteiger partial charge in [0.25, 0.3) is 0 Å². The van der Waals surface area contributed by atoms with Gasteiger partial charge in [-0.05, 0) is 6.07 Å². The summed E-state index contributed by atoms with van der Waals surface area (Å²) >= 11 is 5.79. The molecule has 0 unspecified atom stereocenters. The first-order valence-corrected chi connectivity index (χ1v) is 4.90. The number of methoxy groups -OCH3 is 1. The van der Waals surface area contributed by atoms with Gasteiger partial charge in [-0.2, -0.15) is 0 Å². The van der Waals surface area contributed by atoms with Crippen molar-refractivity contribution < 1.29 is 14.6 Å². The van der Waals surface area contributed by atoms with Crippen LogP contribution in [0.4, 0.5) is 0 Å². The van der Waals surface area contributed by atoms with Crippen molar-refractivity contribution in [1.29, 1.82) is 0 Å². The number of halogens is 1. The minimum absolute atomic E-state index is 0.0191. The van der Waals surface area contributed by atoms with E-state index >= 15 is 0 Å². The number of nitrogens with zero attached hydrogens (tertiary/aromatic N) is 1. The number of aromatic nitrogens is 1. The maximum absolute atomic E-state index is 11.2. The maximum Gasteiger partial charge on any atom is 0.339 e. The predicted molar refractivity (Wildman–Crippen MR) is 59.2 cm³/mol. The van der Waals surface area contributed by atoms with E-state index in [0.29, 0.717) is 17.5 Å². The molecular weight excluding hydrogens is 230 g/mol. The fourth-order valence-corrected chi connectivity index (χ4v) is 1.13. The van der Waals surface area contributed by atoms with Gasteiger partial charge in [0.15, 0.2) is 0 Å². The highest BCUT2D eigenvalue weighted by molar-refractivity contribution is 6.30. The van der Waals surface area contributed by atoms with E-state index in [0.717, 1.165) is 0 Å². The van der Waals surface area contributed by atoms with Crippen LogP contribution in [0.2, 0.25) is 5.15 Å². The van der Waals surface area contributed by atoms with Crippen molar-refractivity contribution in [3.05, 3.63) is 28.5 Å². The molecule has 1 rings (SSSR count). The van der Waals surface area contributed by atoms with Crippen LogP contribution >= 0.6 is 11.6 Å². The molecule has 0 bridgehead atoms. The fourth-order valence-electron chi connectivity index (χ4n) is 0.979. The lowest BCUT2D eigenvalue weighted by atomic mass is 10.2. The molecule has 0 aliphatic carbocycles. The van der Waals surface area contributed by atoms with Crippen molar-refractivity contribution in [2.75, 3.05) is 13.7 Å². The SMILES string of the molecule is COC(=O)c1cnc(Cl)c(C#CCCO)c1. The van der Waals surface area contributed by atoms with Crippen LogP contribution in [0, 0.1) is 11.8 Å². The summed E-state index contributed by atoms with van der Waals surface area (Å²) in [6, 6.07) is 1.51. The number of hydrogen-bond acceptors (Lipinski definition) is 4. The van der Waals surface area contributed by atoms with Crippen molar-refractivity contribution in [2.24, 2.45) is 0 Å². The molecule has 0 aliphatic heterocycles. The Labute approximate surface area is 98.2 Å². The van der Waals surface area contributed by atoms with Gasteiger partial charge in [-0.15, -0.1) is 0 Å². The summed E-state index contributed by atoms with van der Waals surface area (Å²) in [5.41, 5.74) is 0.734. The van der Waals surface area contributed by atoms with E-state index in [2.05, 4.69) is 21.6 Å². The fraction of sp³-hybridized carbons (Fsp3) is 0.273.